The second-order valence-corrected chi connectivity index (χ2v) is 4.65. The van der Waals surface area contributed by atoms with Gasteiger partial charge in [-0.25, -0.2) is 4.68 Å². The average molecular weight is 290 g/mol. The zero-order valence-corrected chi connectivity index (χ0v) is 12.1. The van der Waals surface area contributed by atoms with Crippen LogP contribution in [0.2, 0.25) is 0 Å². The molecule has 0 amide bonds. The molecule has 21 heavy (non-hydrogen) atoms. The highest BCUT2D eigenvalue weighted by Gasteiger charge is 2.12. The lowest BCUT2D eigenvalue weighted by molar-refractivity contribution is -0.385. The molecule has 0 radical (unpaired) electrons. The molecule has 2 aromatic rings. The molecule has 1 N–H and O–H groups in total. The largest absolute Gasteiger partial charge is 0.383 e. The summed E-state index contributed by atoms with van der Waals surface area (Å²) in [6.07, 6.45) is 1.79. The zero-order chi connectivity index (χ0) is 15.2. The molecular formula is C14H18N4O3. The van der Waals surface area contributed by atoms with Crippen LogP contribution in [-0.4, -0.2) is 35.0 Å². The predicted molar refractivity (Wildman–Crippen MR) is 78.5 cm³/mol. The third-order valence-electron chi connectivity index (χ3n) is 3.09. The van der Waals surface area contributed by atoms with Crippen molar-refractivity contribution < 1.29 is 9.66 Å². The summed E-state index contributed by atoms with van der Waals surface area (Å²) < 4.78 is 6.59. The Labute approximate surface area is 122 Å². The van der Waals surface area contributed by atoms with Crippen LogP contribution < -0.4 is 5.32 Å². The summed E-state index contributed by atoms with van der Waals surface area (Å²) >= 11 is 0. The van der Waals surface area contributed by atoms with Crippen molar-refractivity contribution in [2.24, 2.45) is 0 Å². The Bertz CT molecular complexity index is 624. The molecule has 112 valence electrons. The molecule has 0 aliphatic carbocycles. The van der Waals surface area contributed by atoms with Crippen molar-refractivity contribution in [1.82, 2.24) is 15.1 Å². The molecule has 0 spiro atoms. The zero-order valence-electron chi connectivity index (χ0n) is 12.1. The first kappa shape index (κ1) is 15.1. The quantitative estimate of drug-likeness (QED) is 0.478. The number of nitro groups is 1. The van der Waals surface area contributed by atoms with Crippen LogP contribution in [0.1, 0.15) is 11.3 Å². The summed E-state index contributed by atoms with van der Waals surface area (Å²) in [5, 5.41) is 18.6. The first-order chi connectivity index (χ1) is 10.1. The third kappa shape index (κ3) is 3.87. The van der Waals surface area contributed by atoms with Crippen LogP contribution in [0.3, 0.4) is 0 Å². The monoisotopic (exact) mass is 290 g/mol. The van der Waals surface area contributed by atoms with E-state index in [9.17, 15) is 10.1 Å². The van der Waals surface area contributed by atoms with Gasteiger partial charge in [0.1, 0.15) is 0 Å². The van der Waals surface area contributed by atoms with Gasteiger partial charge in [0.15, 0.2) is 0 Å². The summed E-state index contributed by atoms with van der Waals surface area (Å²) in [6.45, 7) is 3.74. The molecule has 2 rings (SSSR count). The number of aryl methyl sites for hydroxylation is 1. The van der Waals surface area contributed by atoms with E-state index in [-0.39, 0.29) is 10.6 Å². The lowest BCUT2D eigenvalue weighted by Crippen LogP contribution is -2.18. The van der Waals surface area contributed by atoms with Crippen molar-refractivity contribution in [2.45, 2.75) is 13.5 Å². The summed E-state index contributed by atoms with van der Waals surface area (Å²) in [4.78, 5) is 10.6. The van der Waals surface area contributed by atoms with E-state index in [1.165, 1.54) is 6.07 Å². The minimum Gasteiger partial charge on any atom is -0.383 e. The molecule has 1 aromatic carbocycles. The standard InChI is InChI=1S/C14H18N4O3/c1-11-3-4-13(9-14(11)18(19)20)17-7-5-12(16-17)10-15-6-8-21-2/h3-5,7,9,15H,6,8,10H2,1-2H3. The maximum absolute atomic E-state index is 11.0. The molecule has 0 aliphatic heterocycles. The Hall–Kier alpha value is -2.25. The molecule has 0 bridgehead atoms. The fourth-order valence-electron chi connectivity index (χ4n) is 1.93. The van der Waals surface area contributed by atoms with Gasteiger partial charge in [0.2, 0.25) is 0 Å². The number of rotatable bonds is 7. The maximum Gasteiger partial charge on any atom is 0.274 e. The van der Waals surface area contributed by atoms with Gasteiger partial charge in [0.05, 0.1) is 22.9 Å². The van der Waals surface area contributed by atoms with Crippen LogP contribution in [0.5, 0.6) is 0 Å². The van der Waals surface area contributed by atoms with Crippen molar-refractivity contribution >= 4 is 5.69 Å². The molecule has 0 atom stereocenters. The summed E-state index contributed by atoms with van der Waals surface area (Å²) in [5.41, 5.74) is 2.28. The van der Waals surface area contributed by atoms with Crippen LogP contribution in [-0.2, 0) is 11.3 Å². The molecule has 1 aromatic heterocycles. The SMILES string of the molecule is COCCNCc1ccn(-c2ccc(C)c([N+](=O)[O-])c2)n1. The molecule has 1 heterocycles. The van der Waals surface area contributed by atoms with Gasteiger partial charge in [-0.15, -0.1) is 0 Å². The van der Waals surface area contributed by atoms with E-state index >= 15 is 0 Å². The van der Waals surface area contributed by atoms with E-state index in [4.69, 9.17) is 4.74 Å². The van der Waals surface area contributed by atoms with Crippen molar-refractivity contribution in [3.05, 3.63) is 51.8 Å². The molecule has 0 aliphatic rings. The minimum atomic E-state index is -0.379. The number of nitrogens with one attached hydrogen (secondary N) is 1. The summed E-state index contributed by atoms with van der Waals surface area (Å²) in [7, 11) is 1.65. The Morgan fingerprint density at radius 2 is 2.24 bits per heavy atom. The van der Waals surface area contributed by atoms with Gasteiger partial charge in [0.25, 0.3) is 5.69 Å². The third-order valence-corrected chi connectivity index (χ3v) is 3.09. The van der Waals surface area contributed by atoms with Crippen molar-refractivity contribution in [1.29, 1.82) is 0 Å². The number of benzene rings is 1. The molecule has 0 saturated heterocycles. The number of aromatic nitrogens is 2. The van der Waals surface area contributed by atoms with Crippen molar-refractivity contribution in [3.8, 4) is 5.69 Å². The van der Waals surface area contributed by atoms with Crippen LogP contribution in [0.15, 0.2) is 30.5 Å². The second kappa shape index (κ2) is 6.96. The molecule has 7 heteroatoms. The number of methoxy groups -OCH3 is 1. The van der Waals surface area contributed by atoms with Gasteiger partial charge < -0.3 is 10.1 Å². The van der Waals surface area contributed by atoms with Gasteiger partial charge >= 0.3 is 0 Å². The maximum atomic E-state index is 11.0. The predicted octanol–water partition coefficient (Wildman–Crippen LogP) is 1.82. The Morgan fingerprint density at radius 3 is 2.95 bits per heavy atom. The lowest BCUT2D eigenvalue weighted by atomic mass is 10.2. The van der Waals surface area contributed by atoms with E-state index < -0.39 is 0 Å². The Kier molecular flexibility index (Phi) is 5.02. The topological polar surface area (TPSA) is 82.2 Å². The van der Waals surface area contributed by atoms with Crippen LogP contribution >= 0.6 is 0 Å². The minimum absolute atomic E-state index is 0.0998. The van der Waals surface area contributed by atoms with E-state index in [1.54, 1.807) is 31.0 Å². The van der Waals surface area contributed by atoms with Gasteiger partial charge in [-0.3, -0.25) is 10.1 Å². The van der Waals surface area contributed by atoms with Gasteiger partial charge in [0, 0.05) is 38.0 Å². The Balaban J connectivity index is 2.10. The fraction of sp³-hybridized carbons (Fsp3) is 0.357. The van der Waals surface area contributed by atoms with Crippen LogP contribution in [0.25, 0.3) is 5.69 Å². The van der Waals surface area contributed by atoms with Gasteiger partial charge in [-0.05, 0) is 19.1 Å². The van der Waals surface area contributed by atoms with Crippen molar-refractivity contribution in [2.75, 3.05) is 20.3 Å². The summed E-state index contributed by atoms with van der Waals surface area (Å²) in [6, 6.07) is 6.96. The first-order valence-electron chi connectivity index (χ1n) is 6.61. The van der Waals surface area contributed by atoms with Crippen molar-refractivity contribution in [3.63, 3.8) is 0 Å². The first-order valence-corrected chi connectivity index (χ1v) is 6.61. The highest BCUT2D eigenvalue weighted by molar-refractivity contribution is 5.48. The normalized spacial score (nSPS) is 10.8. The molecule has 0 unspecified atom stereocenters. The smallest absolute Gasteiger partial charge is 0.274 e. The van der Waals surface area contributed by atoms with Crippen LogP contribution in [0.4, 0.5) is 5.69 Å². The summed E-state index contributed by atoms with van der Waals surface area (Å²) in [5.74, 6) is 0. The molecule has 0 saturated carbocycles. The molecular weight excluding hydrogens is 272 g/mol. The number of nitrogens with zero attached hydrogens (tertiary/aromatic N) is 3. The number of hydrogen-bond acceptors (Lipinski definition) is 5. The number of nitro benzene ring substituents is 1. The molecule has 7 nitrogen and oxygen atoms in total. The average Bonchev–Trinajstić information content (AvgIpc) is 2.92. The highest BCUT2D eigenvalue weighted by atomic mass is 16.6. The van der Waals surface area contributed by atoms with E-state index in [0.29, 0.717) is 24.4 Å². The van der Waals surface area contributed by atoms with E-state index in [0.717, 1.165) is 12.2 Å². The number of hydrogen-bond donors (Lipinski definition) is 1. The Morgan fingerprint density at radius 1 is 1.43 bits per heavy atom. The van der Waals surface area contributed by atoms with Gasteiger partial charge in [-0.1, -0.05) is 6.07 Å². The number of ether oxygens (including phenoxy) is 1. The van der Waals surface area contributed by atoms with Gasteiger partial charge in [-0.2, -0.15) is 5.10 Å². The lowest BCUT2D eigenvalue weighted by Gasteiger charge is -2.04. The highest BCUT2D eigenvalue weighted by Crippen LogP contribution is 2.21. The molecule has 0 fully saturated rings. The van der Waals surface area contributed by atoms with E-state index in [1.807, 2.05) is 12.1 Å². The second-order valence-electron chi connectivity index (χ2n) is 4.65. The van der Waals surface area contributed by atoms with E-state index in [2.05, 4.69) is 10.4 Å². The fourth-order valence-corrected chi connectivity index (χ4v) is 1.93. The van der Waals surface area contributed by atoms with Crippen LogP contribution in [0, 0.1) is 17.0 Å².